The molecule has 2 aromatic rings. The molecular weight excluding hydrogens is 236 g/mol. The number of hydrogen-bond acceptors (Lipinski definition) is 3. The van der Waals surface area contributed by atoms with E-state index in [0.29, 0.717) is 6.04 Å². The van der Waals surface area contributed by atoms with Crippen molar-refractivity contribution < 1.29 is 0 Å². The summed E-state index contributed by atoms with van der Waals surface area (Å²) < 4.78 is 2.22. The fourth-order valence-corrected chi connectivity index (χ4v) is 3.13. The fourth-order valence-electron chi connectivity index (χ4n) is 3.13. The van der Waals surface area contributed by atoms with Gasteiger partial charge in [0.05, 0.1) is 0 Å². The molecule has 1 atom stereocenters. The number of rotatable bonds is 4. The first-order valence-electron chi connectivity index (χ1n) is 7.34. The minimum atomic E-state index is 0.652. The number of hydrogen-bond donors (Lipinski definition) is 1. The van der Waals surface area contributed by atoms with E-state index in [1.165, 1.54) is 38.0 Å². The molecule has 1 N–H and O–H groups in total. The third-order valence-corrected chi connectivity index (χ3v) is 4.27. The van der Waals surface area contributed by atoms with Crippen molar-refractivity contribution in [3.05, 3.63) is 30.6 Å². The molecule has 0 aromatic carbocycles. The average Bonchev–Trinajstić information content (AvgIpc) is 2.95. The van der Waals surface area contributed by atoms with Gasteiger partial charge in [0, 0.05) is 31.0 Å². The van der Waals surface area contributed by atoms with Crippen molar-refractivity contribution in [2.24, 2.45) is 0 Å². The summed E-state index contributed by atoms with van der Waals surface area (Å²) in [5.41, 5.74) is 1.04. The first-order valence-corrected chi connectivity index (χ1v) is 7.34. The van der Waals surface area contributed by atoms with Crippen LogP contribution in [0.1, 0.15) is 25.7 Å². The van der Waals surface area contributed by atoms with E-state index >= 15 is 0 Å². The molecule has 0 bridgehead atoms. The van der Waals surface area contributed by atoms with Crippen LogP contribution in [0.15, 0.2) is 30.6 Å². The first-order chi connectivity index (χ1) is 9.42. The Kier molecular flexibility index (Phi) is 2.69. The Labute approximate surface area is 113 Å². The van der Waals surface area contributed by atoms with Crippen LogP contribution < -0.4 is 10.2 Å². The minimum absolute atomic E-state index is 0.652. The Morgan fingerprint density at radius 2 is 2.26 bits per heavy atom. The molecular formula is C15H20N4. The van der Waals surface area contributed by atoms with Crippen molar-refractivity contribution in [3.8, 4) is 0 Å². The fraction of sp³-hybridized carbons (Fsp3) is 0.533. The Balaban J connectivity index is 1.67. The highest BCUT2D eigenvalue weighted by Gasteiger charge is 2.32. The monoisotopic (exact) mass is 256 g/mol. The van der Waals surface area contributed by atoms with Crippen LogP contribution in [-0.4, -0.2) is 34.6 Å². The molecule has 1 aliphatic carbocycles. The maximum absolute atomic E-state index is 4.39. The zero-order chi connectivity index (χ0) is 12.7. The van der Waals surface area contributed by atoms with E-state index in [0.717, 1.165) is 18.2 Å². The van der Waals surface area contributed by atoms with Crippen LogP contribution in [0, 0.1) is 0 Å². The quantitative estimate of drug-likeness (QED) is 0.909. The van der Waals surface area contributed by atoms with Gasteiger partial charge >= 0.3 is 0 Å². The Hall–Kier alpha value is -1.55. The molecule has 1 unspecified atom stereocenters. The van der Waals surface area contributed by atoms with Crippen molar-refractivity contribution in [2.45, 2.75) is 37.8 Å². The molecule has 3 heterocycles. The van der Waals surface area contributed by atoms with E-state index in [2.05, 4.69) is 44.0 Å². The van der Waals surface area contributed by atoms with Gasteiger partial charge in [-0.2, -0.15) is 0 Å². The standard InChI is InChI=1S/C15H20N4/c1-4-14-17-9-10-18(14)15(5-1)19(13-6-7-13)11-12-3-2-8-16-12/h1,4-5,9-10,12-13,16H,2-3,6-8,11H2. The van der Waals surface area contributed by atoms with Crippen LogP contribution in [-0.2, 0) is 0 Å². The van der Waals surface area contributed by atoms with Gasteiger partial charge in [0.2, 0.25) is 0 Å². The molecule has 100 valence electrons. The molecule has 4 nitrogen and oxygen atoms in total. The molecule has 4 rings (SSSR count). The van der Waals surface area contributed by atoms with Crippen LogP contribution in [0.5, 0.6) is 0 Å². The number of anilines is 1. The molecule has 19 heavy (non-hydrogen) atoms. The Bertz CT molecular complexity index is 566. The van der Waals surface area contributed by atoms with Gasteiger partial charge in [0.1, 0.15) is 11.5 Å². The normalized spacial score (nSPS) is 23.1. The van der Waals surface area contributed by atoms with Gasteiger partial charge in [-0.25, -0.2) is 4.98 Å². The number of aromatic nitrogens is 2. The van der Waals surface area contributed by atoms with Crippen molar-refractivity contribution in [1.29, 1.82) is 0 Å². The maximum atomic E-state index is 4.39. The molecule has 1 saturated carbocycles. The number of imidazole rings is 1. The molecule has 2 aliphatic rings. The molecule has 0 spiro atoms. The predicted molar refractivity (Wildman–Crippen MR) is 76.6 cm³/mol. The lowest BCUT2D eigenvalue weighted by Crippen LogP contribution is -2.39. The van der Waals surface area contributed by atoms with Crippen molar-refractivity contribution in [2.75, 3.05) is 18.0 Å². The summed E-state index contributed by atoms with van der Waals surface area (Å²) in [4.78, 5) is 6.98. The van der Waals surface area contributed by atoms with Crippen LogP contribution in [0.4, 0.5) is 5.82 Å². The third kappa shape index (κ3) is 2.10. The molecule has 0 radical (unpaired) electrons. The van der Waals surface area contributed by atoms with Crippen LogP contribution >= 0.6 is 0 Å². The van der Waals surface area contributed by atoms with Crippen LogP contribution in [0.2, 0.25) is 0 Å². The molecule has 1 aliphatic heterocycles. The second kappa shape index (κ2) is 4.53. The molecule has 4 heteroatoms. The molecule has 2 fully saturated rings. The highest BCUT2D eigenvalue weighted by Crippen LogP contribution is 2.32. The molecule has 0 amide bonds. The topological polar surface area (TPSA) is 32.6 Å². The van der Waals surface area contributed by atoms with E-state index in [1.54, 1.807) is 0 Å². The van der Waals surface area contributed by atoms with Crippen LogP contribution in [0.3, 0.4) is 0 Å². The smallest absolute Gasteiger partial charge is 0.138 e. The summed E-state index contributed by atoms with van der Waals surface area (Å²) in [5.74, 6) is 1.30. The van der Waals surface area contributed by atoms with Crippen molar-refractivity contribution >= 4 is 11.5 Å². The Morgan fingerprint density at radius 3 is 3.05 bits per heavy atom. The predicted octanol–water partition coefficient (Wildman–Crippen LogP) is 2.06. The summed E-state index contributed by atoms with van der Waals surface area (Å²) in [6.45, 7) is 2.31. The largest absolute Gasteiger partial charge is 0.353 e. The third-order valence-electron chi connectivity index (χ3n) is 4.27. The van der Waals surface area contributed by atoms with E-state index in [-0.39, 0.29) is 0 Å². The molecule has 1 saturated heterocycles. The molecule has 2 aromatic heterocycles. The van der Waals surface area contributed by atoms with Crippen molar-refractivity contribution in [3.63, 3.8) is 0 Å². The summed E-state index contributed by atoms with van der Waals surface area (Å²) >= 11 is 0. The van der Waals surface area contributed by atoms with E-state index in [1.807, 2.05) is 6.20 Å². The van der Waals surface area contributed by atoms with Gasteiger partial charge in [-0.3, -0.25) is 4.40 Å². The summed E-state index contributed by atoms with van der Waals surface area (Å²) in [7, 11) is 0. The Morgan fingerprint density at radius 1 is 1.32 bits per heavy atom. The lowest BCUT2D eigenvalue weighted by atomic mass is 10.2. The second-order valence-corrected chi connectivity index (χ2v) is 5.72. The zero-order valence-electron chi connectivity index (χ0n) is 11.1. The average molecular weight is 256 g/mol. The number of fused-ring (bicyclic) bond motifs is 1. The summed E-state index contributed by atoms with van der Waals surface area (Å²) in [5, 5.41) is 3.61. The first kappa shape index (κ1) is 11.3. The van der Waals surface area contributed by atoms with Gasteiger partial charge in [0.15, 0.2) is 0 Å². The van der Waals surface area contributed by atoms with Gasteiger partial charge < -0.3 is 10.2 Å². The zero-order valence-corrected chi connectivity index (χ0v) is 11.1. The number of nitrogens with zero attached hydrogens (tertiary/aromatic N) is 3. The van der Waals surface area contributed by atoms with Crippen molar-refractivity contribution in [1.82, 2.24) is 14.7 Å². The van der Waals surface area contributed by atoms with Gasteiger partial charge in [-0.1, -0.05) is 6.07 Å². The maximum Gasteiger partial charge on any atom is 0.138 e. The second-order valence-electron chi connectivity index (χ2n) is 5.72. The van der Waals surface area contributed by atoms with Gasteiger partial charge in [-0.15, -0.1) is 0 Å². The van der Waals surface area contributed by atoms with E-state index in [4.69, 9.17) is 0 Å². The highest BCUT2D eigenvalue weighted by atomic mass is 15.3. The summed E-state index contributed by atoms with van der Waals surface area (Å²) in [6, 6.07) is 7.80. The number of pyridine rings is 1. The van der Waals surface area contributed by atoms with Gasteiger partial charge in [-0.05, 0) is 44.4 Å². The van der Waals surface area contributed by atoms with Crippen LogP contribution in [0.25, 0.3) is 5.65 Å². The lowest BCUT2D eigenvalue weighted by molar-refractivity contribution is 0.574. The van der Waals surface area contributed by atoms with E-state index < -0.39 is 0 Å². The lowest BCUT2D eigenvalue weighted by Gasteiger charge is -2.28. The summed E-state index contributed by atoms with van der Waals surface area (Å²) in [6.07, 6.45) is 9.25. The highest BCUT2D eigenvalue weighted by molar-refractivity contribution is 5.53. The van der Waals surface area contributed by atoms with E-state index in [9.17, 15) is 0 Å². The minimum Gasteiger partial charge on any atom is -0.353 e. The van der Waals surface area contributed by atoms with Gasteiger partial charge in [0.25, 0.3) is 0 Å². The SMILES string of the molecule is c1cc(N(CC2CCCN2)C2CC2)n2ccnc2c1. The number of nitrogens with one attached hydrogen (secondary N) is 1.